The number of carbonyl (C=O) groups excluding carboxylic acids is 6. The van der Waals surface area contributed by atoms with Crippen molar-refractivity contribution < 1.29 is 52.8 Å². The van der Waals surface area contributed by atoms with Crippen LogP contribution in [-0.2, 0) is 61.7 Å². The first-order valence-corrected chi connectivity index (χ1v) is 24.9. The highest BCUT2D eigenvalue weighted by Gasteiger charge is 2.67. The molecule has 0 aliphatic carbocycles. The number of aliphatic hydroxyl groups excluding tert-OH is 1. The molecule has 1 N–H and O–H groups in total. The van der Waals surface area contributed by atoms with E-state index in [1.165, 1.54) is 23.6 Å². The first kappa shape index (κ1) is 45.2. The van der Waals surface area contributed by atoms with Crippen LogP contribution in [0.25, 0.3) is 0 Å². The smallest absolute Gasteiger partial charge is 0.304 e. The van der Waals surface area contributed by atoms with Crippen molar-refractivity contribution >= 4 is 65.9 Å². The Bertz CT molecular complexity index is 2500. The van der Waals surface area contributed by atoms with Gasteiger partial charge in [0.1, 0.15) is 5.75 Å². The molecule has 4 amide bonds. The summed E-state index contributed by atoms with van der Waals surface area (Å²) in [4.78, 5) is 85.9. The van der Waals surface area contributed by atoms with E-state index in [0.717, 1.165) is 16.3 Å². The second-order valence-corrected chi connectivity index (χ2v) is 22.4. The minimum Gasteiger partial charge on any atom is -0.497 e. The number of hydrogen-bond acceptors (Lipinski definition) is 11. The zero-order chi connectivity index (χ0) is 46.4. The lowest BCUT2D eigenvalue weighted by Crippen LogP contribution is -2.55. The monoisotopic (exact) mass is 902 g/mol. The van der Waals surface area contributed by atoms with Gasteiger partial charge in [-0.3, -0.25) is 38.6 Å². The van der Waals surface area contributed by atoms with Crippen molar-refractivity contribution in [1.29, 1.82) is 0 Å². The van der Waals surface area contributed by atoms with Gasteiger partial charge in [-0.05, 0) is 59.1 Å². The third kappa shape index (κ3) is 8.30. The predicted molar refractivity (Wildman–Crippen MR) is 243 cm³/mol. The Balaban J connectivity index is 1.20. The SMILES string of the molecule is COc1ccc([Si](C)(C)[C@@H]2[C@@H](CC(=O)N(CCO)Cc3ccccc3)O[C@]3(C(=O)N(Cc4ccc(N5C(=O)CC5OC(C)=O)cc4)c4ccc(N5C(=O)CC5OC(C)=O)cc43)[C@H]2C)cc1. The molecular formula is C49H54N4O11Si. The molecule has 6 atom stereocenters. The number of methoxy groups -OCH3 is 1. The number of esters is 2. The average Bonchev–Trinajstić information content (AvgIpc) is 3.69. The first-order valence-electron chi connectivity index (χ1n) is 21.9. The molecule has 3 saturated heterocycles. The summed E-state index contributed by atoms with van der Waals surface area (Å²) in [6.45, 7) is 9.28. The van der Waals surface area contributed by atoms with E-state index in [1.54, 1.807) is 47.2 Å². The zero-order valence-electron chi connectivity index (χ0n) is 37.4. The molecule has 4 aromatic rings. The molecule has 4 aliphatic rings. The van der Waals surface area contributed by atoms with Gasteiger partial charge in [0.25, 0.3) is 5.91 Å². The quantitative estimate of drug-likeness (QED) is 0.0954. The Morgan fingerprint density at radius 1 is 0.815 bits per heavy atom. The molecule has 0 bridgehead atoms. The van der Waals surface area contributed by atoms with Crippen molar-refractivity contribution in [2.24, 2.45) is 5.92 Å². The summed E-state index contributed by atoms with van der Waals surface area (Å²) in [6.07, 6.45) is -2.23. The van der Waals surface area contributed by atoms with Gasteiger partial charge in [-0.15, -0.1) is 0 Å². The summed E-state index contributed by atoms with van der Waals surface area (Å²) in [5.74, 6) is -1.84. The molecule has 4 heterocycles. The molecule has 16 heteroatoms. The average molecular weight is 903 g/mol. The summed E-state index contributed by atoms with van der Waals surface area (Å²) in [7, 11) is -1.10. The third-order valence-corrected chi connectivity index (χ3v) is 17.7. The van der Waals surface area contributed by atoms with E-state index in [4.69, 9.17) is 18.9 Å². The highest BCUT2D eigenvalue weighted by atomic mass is 28.3. The van der Waals surface area contributed by atoms with E-state index in [9.17, 15) is 29.1 Å². The number of hydrogen-bond donors (Lipinski definition) is 1. The van der Waals surface area contributed by atoms with Gasteiger partial charge in [0.05, 0.1) is 59.4 Å². The van der Waals surface area contributed by atoms with Gasteiger partial charge >= 0.3 is 11.9 Å². The predicted octanol–water partition coefficient (Wildman–Crippen LogP) is 5.12. The maximum Gasteiger partial charge on any atom is 0.304 e. The molecule has 15 nitrogen and oxygen atoms in total. The van der Waals surface area contributed by atoms with Crippen LogP contribution in [0, 0.1) is 5.92 Å². The summed E-state index contributed by atoms with van der Waals surface area (Å²) in [6, 6.07) is 29.9. The number of β-lactam (4-membered cyclic amide) rings is 2. The molecule has 0 radical (unpaired) electrons. The van der Waals surface area contributed by atoms with Gasteiger partial charge in [-0.2, -0.15) is 0 Å². The number of ether oxygens (including phenoxy) is 4. The largest absolute Gasteiger partial charge is 0.497 e. The van der Waals surface area contributed by atoms with Crippen LogP contribution in [0.2, 0.25) is 18.6 Å². The highest BCUT2D eigenvalue weighted by molar-refractivity contribution is 6.91. The molecule has 4 aliphatic heterocycles. The molecule has 3 fully saturated rings. The van der Waals surface area contributed by atoms with E-state index in [0.29, 0.717) is 28.4 Å². The van der Waals surface area contributed by atoms with Crippen molar-refractivity contribution in [3.63, 3.8) is 0 Å². The molecule has 2 unspecified atom stereocenters. The Kier molecular flexibility index (Phi) is 12.4. The summed E-state index contributed by atoms with van der Waals surface area (Å²) in [5.41, 5.74) is 1.76. The minimum absolute atomic E-state index is 0.0155. The van der Waals surface area contributed by atoms with Crippen LogP contribution in [-0.4, -0.2) is 92.5 Å². The molecule has 340 valence electrons. The van der Waals surface area contributed by atoms with E-state index >= 15 is 4.79 Å². The van der Waals surface area contributed by atoms with Crippen molar-refractivity contribution in [1.82, 2.24) is 4.90 Å². The molecule has 0 aromatic heterocycles. The Hall–Kier alpha value is -6.36. The fraction of sp³-hybridized carbons (Fsp3) is 0.388. The van der Waals surface area contributed by atoms with Crippen LogP contribution in [0.3, 0.4) is 0 Å². The molecule has 65 heavy (non-hydrogen) atoms. The fourth-order valence-corrected chi connectivity index (χ4v) is 14.2. The van der Waals surface area contributed by atoms with E-state index in [1.807, 2.05) is 73.7 Å². The van der Waals surface area contributed by atoms with Crippen molar-refractivity contribution in [2.45, 2.75) is 95.9 Å². The Labute approximate surface area is 378 Å². The molecular weight excluding hydrogens is 849 g/mol. The van der Waals surface area contributed by atoms with Gasteiger partial charge in [0.15, 0.2) is 18.1 Å². The first-order chi connectivity index (χ1) is 31.1. The summed E-state index contributed by atoms with van der Waals surface area (Å²) < 4.78 is 23.6. The fourth-order valence-electron chi connectivity index (χ4n) is 10.2. The Morgan fingerprint density at radius 3 is 1.98 bits per heavy atom. The van der Waals surface area contributed by atoms with Crippen LogP contribution in [0.5, 0.6) is 5.75 Å². The maximum absolute atomic E-state index is 15.7. The summed E-state index contributed by atoms with van der Waals surface area (Å²) >= 11 is 0. The van der Waals surface area contributed by atoms with Gasteiger partial charge in [0.2, 0.25) is 17.7 Å². The van der Waals surface area contributed by atoms with Gasteiger partial charge in [-0.25, -0.2) is 0 Å². The topological polar surface area (TPSA) is 173 Å². The van der Waals surface area contributed by atoms with Crippen molar-refractivity contribution in [3.8, 4) is 5.75 Å². The molecule has 8 rings (SSSR count). The molecule has 0 saturated carbocycles. The lowest BCUT2D eigenvalue weighted by Gasteiger charge is -2.39. The summed E-state index contributed by atoms with van der Waals surface area (Å²) in [5, 5.41) is 11.2. The van der Waals surface area contributed by atoms with Crippen LogP contribution >= 0.6 is 0 Å². The van der Waals surface area contributed by atoms with Crippen molar-refractivity contribution in [2.75, 3.05) is 35.0 Å². The van der Waals surface area contributed by atoms with E-state index < -0.39 is 50.1 Å². The van der Waals surface area contributed by atoms with Crippen LogP contribution in [0.4, 0.5) is 17.1 Å². The minimum atomic E-state index is -2.71. The van der Waals surface area contributed by atoms with Crippen molar-refractivity contribution in [3.05, 3.63) is 114 Å². The normalized spacial score (nSPS) is 23.5. The standard InChI is InChI=1S/C49H54N4O11Si/c1-30-47(65(5,6)38-19-17-37(61-4)18-20-38)41(25-42(57)50(22-23-54)28-33-10-8-7-9-11-33)64-49(30)39-24-36(53-44(59)27-46(53)63-32(3)56)16-21-40(39)51(48(49)60)29-34-12-14-35(15-13-34)52-43(58)26-45(52)62-31(2)55/h7-21,24,30,41,45-47,54H,22-23,25-29H2,1-6H3/t30-,41+,45?,46?,47-,49+/m0/s1. The van der Waals surface area contributed by atoms with Gasteiger partial charge < -0.3 is 33.9 Å². The van der Waals surface area contributed by atoms with Crippen LogP contribution < -0.4 is 24.6 Å². The zero-order valence-corrected chi connectivity index (χ0v) is 38.4. The second kappa shape index (κ2) is 17.9. The van der Waals surface area contributed by atoms with Gasteiger partial charge in [-0.1, -0.05) is 79.8 Å². The number of rotatable bonds is 15. The number of benzene rings is 4. The second-order valence-electron chi connectivity index (χ2n) is 17.7. The number of nitrogens with zero attached hydrogens (tertiary/aromatic N) is 4. The number of fused-ring (bicyclic) bond motifs is 2. The van der Waals surface area contributed by atoms with Gasteiger partial charge in [0, 0.05) is 49.8 Å². The third-order valence-electron chi connectivity index (χ3n) is 13.4. The Morgan fingerprint density at radius 2 is 1.42 bits per heavy atom. The lowest BCUT2D eigenvalue weighted by atomic mass is 9.82. The highest BCUT2D eigenvalue weighted by Crippen LogP contribution is 2.61. The van der Waals surface area contributed by atoms with Crippen LogP contribution in [0.15, 0.2) is 97.1 Å². The number of amides is 4. The number of anilines is 3. The number of aliphatic hydroxyl groups is 1. The van der Waals surface area contributed by atoms with E-state index in [2.05, 4.69) is 13.1 Å². The maximum atomic E-state index is 15.7. The molecule has 1 spiro atoms. The molecule has 4 aromatic carbocycles. The lowest BCUT2D eigenvalue weighted by molar-refractivity contribution is -0.155. The number of carbonyl (C=O) groups is 6. The van der Waals surface area contributed by atoms with Crippen LogP contribution in [0.1, 0.15) is 56.7 Å². The van der Waals surface area contributed by atoms with E-state index in [-0.39, 0.29) is 74.7 Å².